The van der Waals surface area contributed by atoms with Crippen LogP contribution < -0.4 is 10.6 Å². The summed E-state index contributed by atoms with van der Waals surface area (Å²) in [6.45, 7) is 0.540. The van der Waals surface area contributed by atoms with Crippen molar-refractivity contribution in [1.29, 1.82) is 0 Å². The second-order valence-electron chi connectivity index (χ2n) is 6.28. The second-order valence-corrected chi connectivity index (χ2v) is 6.69. The number of aromatic nitrogens is 3. The number of guanidine groups is 1. The predicted molar refractivity (Wildman–Crippen MR) is 95.0 cm³/mol. The van der Waals surface area contributed by atoms with Gasteiger partial charge in [-0.2, -0.15) is 5.10 Å². The van der Waals surface area contributed by atoms with Crippen molar-refractivity contribution in [1.82, 2.24) is 25.4 Å². The molecule has 4 rings (SSSR count). The Bertz CT molecular complexity index is 877. The largest absolute Gasteiger partial charge is 0.353 e. The van der Waals surface area contributed by atoms with Crippen molar-refractivity contribution >= 4 is 23.3 Å². The number of hydrogen-bond acceptors (Lipinski definition) is 3. The van der Waals surface area contributed by atoms with E-state index in [9.17, 15) is 4.79 Å². The number of nitrogens with zero attached hydrogens (tertiary/aromatic N) is 3. The number of aromatic amines is 1. The number of nitrogens with one attached hydrogen (secondary N) is 3. The lowest BCUT2D eigenvalue weighted by Crippen LogP contribution is -2.48. The monoisotopic (exact) mass is 358 g/mol. The Morgan fingerprint density at radius 2 is 2.32 bits per heavy atom. The van der Waals surface area contributed by atoms with Crippen LogP contribution in [-0.4, -0.2) is 26.5 Å². The first-order valence-electron chi connectivity index (χ1n) is 8.26. The molecule has 0 saturated heterocycles. The van der Waals surface area contributed by atoms with Crippen LogP contribution in [0.1, 0.15) is 36.7 Å². The van der Waals surface area contributed by atoms with Crippen LogP contribution in [0.4, 0.5) is 0 Å². The molecule has 1 unspecified atom stereocenters. The lowest BCUT2D eigenvalue weighted by Gasteiger charge is -2.33. The highest BCUT2D eigenvalue weighted by Gasteiger charge is 2.35. The molecule has 2 aromatic heterocycles. The quantitative estimate of drug-likeness (QED) is 0.785. The van der Waals surface area contributed by atoms with Gasteiger partial charge in [-0.05, 0) is 25.0 Å². The number of aliphatic imine (C=N–C) groups is 1. The van der Waals surface area contributed by atoms with E-state index in [-0.39, 0.29) is 11.8 Å². The predicted octanol–water partition coefficient (Wildman–Crippen LogP) is 2.20. The van der Waals surface area contributed by atoms with Crippen LogP contribution in [0.15, 0.2) is 40.8 Å². The summed E-state index contributed by atoms with van der Waals surface area (Å²) in [5.41, 5.74) is 3.45. The van der Waals surface area contributed by atoms with Gasteiger partial charge in [0.15, 0.2) is 11.7 Å². The average molecular weight is 359 g/mol. The van der Waals surface area contributed by atoms with E-state index in [4.69, 9.17) is 11.6 Å². The maximum atomic E-state index is 12.5. The maximum Gasteiger partial charge on any atom is 0.196 e. The highest BCUT2D eigenvalue weighted by molar-refractivity contribution is 6.31. The number of halogens is 1. The standard InChI is InChI=1S/C17H19ClN6O/c1-24-7-3-4-10(24)8-19-17-21-12-5-2-6-13(25)14(12)16(22-17)15-11(18)9-20-23-15/h3-4,7,9,16H,2,5-6,8H2,1H3,(H,20,23)(H2,19,21,22). The van der Waals surface area contributed by atoms with Crippen LogP contribution in [-0.2, 0) is 18.4 Å². The number of carbonyl (C=O) groups is 1. The topological polar surface area (TPSA) is 87.1 Å². The van der Waals surface area contributed by atoms with Gasteiger partial charge in [-0.3, -0.25) is 9.89 Å². The van der Waals surface area contributed by atoms with Crippen LogP contribution in [0, 0.1) is 0 Å². The average Bonchev–Trinajstić information content (AvgIpc) is 3.20. The number of allylic oxidation sites excluding steroid dienone is 1. The molecule has 0 aromatic carbocycles. The Morgan fingerprint density at radius 1 is 1.44 bits per heavy atom. The van der Waals surface area contributed by atoms with Crippen LogP contribution in [0.2, 0.25) is 5.02 Å². The number of hydrogen-bond donors (Lipinski definition) is 3. The van der Waals surface area contributed by atoms with Crippen molar-refractivity contribution in [3.63, 3.8) is 0 Å². The number of carbonyl (C=O) groups excluding carboxylic acids is 1. The molecule has 3 heterocycles. The molecule has 2 aromatic rings. The summed E-state index contributed by atoms with van der Waals surface area (Å²) in [6, 6.07) is 3.67. The number of rotatable bonds is 3. The van der Waals surface area contributed by atoms with Crippen LogP contribution >= 0.6 is 11.6 Å². The SMILES string of the molecule is Cn1cccc1CN=C1NC2=C(C(=O)CCC2)C(c2[nH]ncc2Cl)N1. The zero-order valence-corrected chi connectivity index (χ0v) is 14.6. The van der Waals surface area contributed by atoms with E-state index in [1.165, 1.54) is 0 Å². The summed E-state index contributed by atoms with van der Waals surface area (Å²) < 4.78 is 2.03. The highest BCUT2D eigenvalue weighted by Crippen LogP contribution is 2.35. The first-order chi connectivity index (χ1) is 12.1. The highest BCUT2D eigenvalue weighted by atomic mass is 35.5. The number of aryl methyl sites for hydroxylation is 1. The molecule has 8 heteroatoms. The first kappa shape index (κ1) is 16.0. The van der Waals surface area contributed by atoms with Crippen LogP contribution in [0.3, 0.4) is 0 Å². The third-order valence-electron chi connectivity index (χ3n) is 4.65. The zero-order chi connectivity index (χ0) is 17.4. The molecule has 0 fully saturated rings. The molecule has 7 nitrogen and oxygen atoms in total. The van der Waals surface area contributed by atoms with Gasteiger partial charge in [0.1, 0.15) is 6.04 Å². The molecular weight excluding hydrogens is 340 g/mol. The molecule has 1 aliphatic heterocycles. The molecule has 130 valence electrons. The van der Waals surface area contributed by atoms with E-state index in [0.29, 0.717) is 29.6 Å². The normalized spacial score (nSPS) is 21.9. The number of Topliss-reactive ketones (excluding diaryl/α,β-unsaturated/α-hetero) is 1. The third kappa shape index (κ3) is 2.95. The van der Waals surface area contributed by atoms with E-state index in [1.54, 1.807) is 6.20 Å². The van der Waals surface area contributed by atoms with Gasteiger partial charge in [-0.25, -0.2) is 4.99 Å². The van der Waals surface area contributed by atoms with Gasteiger partial charge >= 0.3 is 0 Å². The van der Waals surface area contributed by atoms with Crippen LogP contribution in [0.5, 0.6) is 0 Å². The van der Waals surface area contributed by atoms with Crippen LogP contribution in [0.25, 0.3) is 0 Å². The van der Waals surface area contributed by atoms with Crippen molar-refractivity contribution in [3.05, 3.63) is 52.2 Å². The molecule has 0 amide bonds. The third-order valence-corrected chi connectivity index (χ3v) is 4.96. The Labute approximate surface area is 150 Å². The van der Waals surface area contributed by atoms with E-state index >= 15 is 0 Å². The fourth-order valence-corrected chi connectivity index (χ4v) is 3.52. The lowest BCUT2D eigenvalue weighted by molar-refractivity contribution is -0.116. The van der Waals surface area contributed by atoms with E-state index in [2.05, 4.69) is 25.8 Å². The fraction of sp³-hybridized carbons (Fsp3) is 0.353. The van der Waals surface area contributed by atoms with E-state index < -0.39 is 0 Å². The molecule has 3 N–H and O–H groups in total. The second kappa shape index (κ2) is 6.40. The van der Waals surface area contributed by atoms with Crippen molar-refractivity contribution in [2.45, 2.75) is 31.8 Å². The minimum Gasteiger partial charge on any atom is -0.353 e. The van der Waals surface area contributed by atoms with Crippen molar-refractivity contribution in [3.8, 4) is 0 Å². The molecular formula is C17H19ClN6O. The number of ketones is 1. The molecule has 1 aliphatic carbocycles. The summed E-state index contributed by atoms with van der Waals surface area (Å²) in [6.07, 6.45) is 5.77. The smallest absolute Gasteiger partial charge is 0.196 e. The lowest BCUT2D eigenvalue weighted by atomic mass is 9.87. The summed E-state index contributed by atoms with van der Waals surface area (Å²) >= 11 is 6.25. The molecule has 0 radical (unpaired) electrons. The Morgan fingerprint density at radius 3 is 3.04 bits per heavy atom. The zero-order valence-electron chi connectivity index (χ0n) is 13.8. The molecule has 1 atom stereocenters. The van der Waals surface area contributed by atoms with Gasteiger partial charge in [0.05, 0.1) is 23.5 Å². The summed E-state index contributed by atoms with van der Waals surface area (Å²) in [5, 5.41) is 14.0. The Balaban J connectivity index is 1.68. The van der Waals surface area contributed by atoms with Gasteiger partial charge in [0.2, 0.25) is 0 Å². The minimum absolute atomic E-state index is 0.137. The first-order valence-corrected chi connectivity index (χ1v) is 8.64. The van der Waals surface area contributed by atoms with Gasteiger partial charge in [-0.15, -0.1) is 0 Å². The van der Waals surface area contributed by atoms with Crippen molar-refractivity contribution < 1.29 is 4.79 Å². The Kier molecular flexibility index (Phi) is 4.09. The Hall–Kier alpha value is -2.54. The molecule has 2 aliphatic rings. The molecule has 0 saturated carbocycles. The van der Waals surface area contributed by atoms with Crippen molar-refractivity contribution in [2.24, 2.45) is 12.0 Å². The summed E-state index contributed by atoms with van der Waals surface area (Å²) in [5.74, 6) is 0.781. The molecule has 0 spiro atoms. The molecule has 0 bridgehead atoms. The number of H-pyrrole nitrogens is 1. The van der Waals surface area contributed by atoms with E-state index in [0.717, 1.165) is 29.8 Å². The minimum atomic E-state index is -0.355. The maximum absolute atomic E-state index is 12.5. The van der Waals surface area contributed by atoms with Gasteiger partial charge in [0.25, 0.3) is 0 Å². The summed E-state index contributed by atoms with van der Waals surface area (Å²) in [7, 11) is 1.99. The van der Waals surface area contributed by atoms with Crippen molar-refractivity contribution in [2.75, 3.05) is 0 Å². The fourth-order valence-electron chi connectivity index (χ4n) is 3.32. The molecule has 25 heavy (non-hydrogen) atoms. The van der Waals surface area contributed by atoms with Gasteiger partial charge in [0, 0.05) is 36.6 Å². The van der Waals surface area contributed by atoms with Gasteiger partial charge < -0.3 is 15.2 Å². The summed E-state index contributed by atoms with van der Waals surface area (Å²) in [4.78, 5) is 17.1. The van der Waals surface area contributed by atoms with E-state index in [1.807, 2.05) is 29.9 Å². The van der Waals surface area contributed by atoms with Gasteiger partial charge in [-0.1, -0.05) is 11.6 Å².